The second-order valence-electron chi connectivity index (χ2n) is 14.1. The highest BCUT2D eigenvalue weighted by atomic mass is 32.1. The number of benzene rings is 9. The molecule has 0 aliphatic heterocycles. The summed E-state index contributed by atoms with van der Waals surface area (Å²) in [5.41, 5.74) is 5.90. The summed E-state index contributed by atoms with van der Waals surface area (Å²) in [6, 6.07) is 83.0. The maximum absolute atomic E-state index is 2.77. The first-order chi connectivity index (χ1) is 27.3. The third-order valence-corrected chi connectivity index (χ3v) is 16.9. The van der Waals surface area contributed by atoms with Crippen molar-refractivity contribution in [3.05, 3.63) is 224 Å². The van der Waals surface area contributed by atoms with Gasteiger partial charge in [0, 0.05) is 36.9 Å². The van der Waals surface area contributed by atoms with E-state index in [4.69, 9.17) is 0 Å². The molecule has 0 aliphatic rings. The van der Waals surface area contributed by atoms with Crippen LogP contribution in [0.15, 0.2) is 224 Å². The van der Waals surface area contributed by atoms with Crippen LogP contribution in [0.5, 0.6) is 0 Å². The van der Waals surface area contributed by atoms with E-state index in [0.29, 0.717) is 0 Å². The van der Waals surface area contributed by atoms with Crippen LogP contribution in [0.2, 0.25) is 0 Å². The minimum atomic E-state index is -2.77. The van der Waals surface area contributed by atoms with E-state index >= 15 is 0 Å². The number of hydrogen-bond acceptors (Lipinski definition) is 2. The quantitative estimate of drug-likeness (QED) is 0.111. The molecule has 10 aromatic rings. The van der Waals surface area contributed by atoms with Gasteiger partial charge in [0.1, 0.15) is 0 Å². The molecule has 0 bridgehead atoms. The van der Waals surface area contributed by atoms with Crippen molar-refractivity contribution >= 4 is 88.2 Å². The van der Waals surface area contributed by atoms with Crippen molar-refractivity contribution in [2.75, 3.05) is 4.90 Å². The monoisotopic (exact) mass is 735 g/mol. The predicted molar refractivity (Wildman–Crippen MR) is 241 cm³/mol. The van der Waals surface area contributed by atoms with Gasteiger partial charge in [-0.3, -0.25) is 0 Å². The Morgan fingerprint density at radius 2 is 0.836 bits per heavy atom. The molecule has 10 rings (SSSR count). The van der Waals surface area contributed by atoms with E-state index in [9.17, 15) is 0 Å². The predicted octanol–water partition coefficient (Wildman–Crippen LogP) is 11.7. The molecule has 0 amide bonds. The van der Waals surface area contributed by atoms with Gasteiger partial charge in [0.2, 0.25) is 0 Å². The maximum atomic E-state index is 2.48. The Hall–Kier alpha value is -6.52. The van der Waals surface area contributed by atoms with Crippen LogP contribution in [-0.4, -0.2) is 8.07 Å². The smallest absolute Gasteiger partial charge is 0.179 e. The number of nitrogens with zero attached hydrogens (tertiary/aromatic N) is 1. The molecule has 0 N–H and O–H groups in total. The number of anilines is 3. The fourth-order valence-corrected chi connectivity index (χ4v) is 14.3. The Morgan fingerprint density at radius 3 is 1.51 bits per heavy atom. The first-order valence-electron chi connectivity index (χ1n) is 18.8. The summed E-state index contributed by atoms with van der Waals surface area (Å²) >= 11 is 1.87. The lowest BCUT2D eigenvalue weighted by Crippen LogP contribution is -2.74. The van der Waals surface area contributed by atoms with Crippen LogP contribution in [0.1, 0.15) is 0 Å². The van der Waals surface area contributed by atoms with Gasteiger partial charge in [-0.1, -0.05) is 176 Å². The van der Waals surface area contributed by atoms with Crippen LogP contribution in [0, 0.1) is 0 Å². The lowest BCUT2D eigenvalue weighted by atomic mass is 10.0. The van der Waals surface area contributed by atoms with E-state index in [1.807, 2.05) is 11.3 Å². The van der Waals surface area contributed by atoms with Crippen LogP contribution < -0.4 is 25.6 Å². The molecular weight excluding hydrogens is 699 g/mol. The fraction of sp³-hybridized carbons (Fsp3) is 0. The molecule has 1 nitrogen and oxygen atoms in total. The normalized spacial score (nSPS) is 11.6. The van der Waals surface area contributed by atoms with E-state index in [2.05, 4.69) is 229 Å². The topological polar surface area (TPSA) is 3.24 Å². The average Bonchev–Trinajstić information content (AvgIpc) is 3.63. The minimum Gasteiger partial charge on any atom is -0.310 e. The van der Waals surface area contributed by atoms with E-state index in [1.165, 1.54) is 62.8 Å². The Morgan fingerprint density at radius 1 is 0.327 bits per heavy atom. The lowest BCUT2D eigenvalue weighted by molar-refractivity contribution is 1.31. The standard InChI is InChI=1S/C52H37NSSi/c1-5-17-38(18-6-1)40-31-33-51-48(35-40)49-37-42(32-34-52(49)54-51)53(50-30-15-20-39-19-13-14-29-47(39)50)41-21-16-28-46(36-41)55(43-22-7-2-8-23-43,44-24-9-3-10-25-44)45-26-11-4-12-27-45/h1-37H. The summed E-state index contributed by atoms with van der Waals surface area (Å²) in [4.78, 5) is 2.48. The van der Waals surface area contributed by atoms with Gasteiger partial charge < -0.3 is 4.90 Å². The number of thiophene rings is 1. The summed E-state index contributed by atoms with van der Waals surface area (Å²) in [7, 11) is -2.77. The summed E-state index contributed by atoms with van der Waals surface area (Å²) in [6.45, 7) is 0. The summed E-state index contributed by atoms with van der Waals surface area (Å²) in [6.07, 6.45) is 0. The van der Waals surface area contributed by atoms with Crippen LogP contribution >= 0.6 is 11.3 Å². The van der Waals surface area contributed by atoms with Gasteiger partial charge in [0.05, 0.1) is 5.69 Å². The molecule has 0 fully saturated rings. The zero-order valence-electron chi connectivity index (χ0n) is 30.2. The van der Waals surface area contributed by atoms with Gasteiger partial charge >= 0.3 is 0 Å². The zero-order chi connectivity index (χ0) is 36.6. The van der Waals surface area contributed by atoms with Crippen LogP contribution in [0.4, 0.5) is 17.1 Å². The Kier molecular flexibility index (Phi) is 8.44. The molecule has 0 aliphatic carbocycles. The third kappa shape index (κ3) is 5.77. The third-order valence-electron chi connectivity index (χ3n) is 11.0. The highest BCUT2D eigenvalue weighted by molar-refractivity contribution is 7.25. The largest absolute Gasteiger partial charge is 0.310 e. The maximum Gasteiger partial charge on any atom is 0.179 e. The molecule has 0 saturated carbocycles. The molecule has 0 atom stereocenters. The number of fused-ring (bicyclic) bond motifs is 4. The molecule has 9 aromatic carbocycles. The Bertz CT molecular complexity index is 2820. The van der Waals surface area contributed by atoms with Gasteiger partial charge in [0.15, 0.2) is 8.07 Å². The van der Waals surface area contributed by atoms with E-state index in [-0.39, 0.29) is 0 Å². The molecule has 55 heavy (non-hydrogen) atoms. The van der Waals surface area contributed by atoms with Crippen molar-refractivity contribution < 1.29 is 0 Å². The molecule has 0 spiro atoms. The highest BCUT2D eigenvalue weighted by Crippen LogP contribution is 2.43. The molecule has 3 heteroatoms. The summed E-state index contributed by atoms with van der Waals surface area (Å²) in [5, 5.41) is 10.4. The van der Waals surface area contributed by atoms with Crippen LogP contribution in [-0.2, 0) is 0 Å². The number of rotatable bonds is 8. The molecule has 0 saturated heterocycles. The van der Waals surface area contributed by atoms with Crippen molar-refractivity contribution in [1.82, 2.24) is 0 Å². The van der Waals surface area contributed by atoms with Gasteiger partial charge in [-0.25, -0.2) is 0 Å². The molecule has 260 valence electrons. The number of hydrogen-bond donors (Lipinski definition) is 0. The second-order valence-corrected chi connectivity index (χ2v) is 19.0. The van der Waals surface area contributed by atoms with E-state index < -0.39 is 8.07 Å². The molecule has 1 aromatic heterocycles. The van der Waals surface area contributed by atoms with Crippen molar-refractivity contribution in [2.45, 2.75) is 0 Å². The first kappa shape index (κ1) is 33.1. The second kappa shape index (κ2) is 14.0. The SMILES string of the molecule is c1ccc(-c2ccc3sc4ccc(N(c5cccc([Si](c6ccccc6)(c6ccccc6)c6ccccc6)c5)c5cccc6ccccc56)cc4c3c2)cc1. The van der Waals surface area contributed by atoms with Gasteiger partial charge in [-0.05, 0) is 85.8 Å². The molecule has 1 heterocycles. The van der Waals surface area contributed by atoms with E-state index in [0.717, 1.165) is 17.1 Å². The average molecular weight is 736 g/mol. The van der Waals surface area contributed by atoms with Crippen molar-refractivity contribution in [1.29, 1.82) is 0 Å². The van der Waals surface area contributed by atoms with Gasteiger partial charge in [-0.15, -0.1) is 11.3 Å². The fourth-order valence-electron chi connectivity index (χ4n) is 8.49. The van der Waals surface area contributed by atoms with Crippen molar-refractivity contribution in [3.63, 3.8) is 0 Å². The van der Waals surface area contributed by atoms with E-state index in [1.54, 1.807) is 0 Å². The minimum absolute atomic E-state index is 1.14. The Balaban J connectivity index is 1.23. The lowest BCUT2D eigenvalue weighted by Gasteiger charge is -2.35. The van der Waals surface area contributed by atoms with Crippen LogP contribution in [0.3, 0.4) is 0 Å². The summed E-state index contributed by atoms with van der Waals surface area (Å²) < 4.78 is 2.59. The Labute approximate surface area is 327 Å². The first-order valence-corrected chi connectivity index (χ1v) is 21.7. The van der Waals surface area contributed by atoms with Crippen molar-refractivity contribution in [2.24, 2.45) is 0 Å². The highest BCUT2D eigenvalue weighted by Gasteiger charge is 2.41. The summed E-state index contributed by atoms with van der Waals surface area (Å²) in [5.74, 6) is 0. The van der Waals surface area contributed by atoms with Crippen molar-refractivity contribution in [3.8, 4) is 11.1 Å². The molecule has 0 radical (unpaired) electrons. The van der Waals surface area contributed by atoms with Gasteiger partial charge in [-0.2, -0.15) is 0 Å². The van der Waals surface area contributed by atoms with Gasteiger partial charge in [0.25, 0.3) is 0 Å². The van der Waals surface area contributed by atoms with Crippen LogP contribution in [0.25, 0.3) is 42.1 Å². The molecular formula is C52H37NSSi. The molecule has 0 unspecified atom stereocenters. The zero-order valence-corrected chi connectivity index (χ0v) is 32.0.